The van der Waals surface area contributed by atoms with E-state index in [1.807, 2.05) is 17.3 Å². The van der Waals surface area contributed by atoms with Crippen LogP contribution < -0.4 is 0 Å². The molecular weight excluding hydrogens is 294 g/mol. The Morgan fingerprint density at radius 3 is 2.87 bits per heavy atom. The van der Waals surface area contributed by atoms with E-state index >= 15 is 0 Å². The standard InChI is InChI=1S/C16H19N5O2/c1-12-10-17-15-9-14(18-11-21(12)15)19-4-6-20(7-5-19)16(22)13-3-2-8-23-13/h2-3,8-9,11-12H,4-7,10H2,1H3. The van der Waals surface area contributed by atoms with Gasteiger partial charge in [-0.25, -0.2) is 4.99 Å². The Balaban J connectivity index is 1.40. The molecule has 1 amide bonds. The zero-order valence-electron chi connectivity index (χ0n) is 13.1. The van der Waals surface area contributed by atoms with E-state index in [0.29, 0.717) is 24.9 Å². The molecular formula is C16H19N5O2. The number of carbonyl (C=O) groups is 1. The van der Waals surface area contributed by atoms with Crippen LogP contribution in [0, 0.1) is 0 Å². The van der Waals surface area contributed by atoms with Crippen molar-refractivity contribution in [3.05, 3.63) is 36.1 Å². The van der Waals surface area contributed by atoms with Gasteiger partial charge >= 0.3 is 0 Å². The normalized spacial score (nSPS) is 23.7. The summed E-state index contributed by atoms with van der Waals surface area (Å²) in [5.74, 6) is 2.27. The second-order valence-electron chi connectivity index (χ2n) is 5.96. The Morgan fingerprint density at radius 1 is 1.30 bits per heavy atom. The Kier molecular flexibility index (Phi) is 3.40. The molecule has 1 unspecified atom stereocenters. The monoisotopic (exact) mass is 313 g/mol. The molecule has 1 atom stereocenters. The van der Waals surface area contributed by atoms with Crippen molar-refractivity contribution in [1.82, 2.24) is 14.7 Å². The molecule has 0 N–H and O–H groups in total. The van der Waals surface area contributed by atoms with Crippen LogP contribution >= 0.6 is 0 Å². The zero-order valence-corrected chi connectivity index (χ0v) is 13.1. The lowest BCUT2D eigenvalue weighted by Crippen LogP contribution is -2.48. The van der Waals surface area contributed by atoms with Crippen molar-refractivity contribution < 1.29 is 9.21 Å². The minimum Gasteiger partial charge on any atom is -0.459 e. The number of amidine groups is 1. The fourth-order valence-electron chi connectivity index (χ4n) is 3.06. The van der Waals surface area contributed by atoms with Gasteiger partial charge in [-0.2, -0.15) is 0 Å². The van der Waals surface area contributed by atoms with Crippen LogP contribution in [0.25, 0.3) is 0 Å². The highest BCUT2D eigenvalue weighted by atomic mass is 16.3. The summed E-state index contributed by atoms with van der Waals surface area (Å²) in [4.78, 5) is 27.5. The number of piperazine rings is 1. The maximum absolute atomic E-state index is 12.3. The molecule has 3 aliphatic heterocycles. The van der Waals surface area contributed by atoms with Crippen molar-refractivity contribution in [3.8, 4) is 0 Å². The minimum atomic E-state index is -0.0454. The molecule has 1 aromatic rings. The molecule has 1 fully saturated rings. The maximum atomic E-state index is 12.3. The van der Waals surface area contributed by atoms with Crippen LogP contribution in [0.4, 0.5) is 0 Å². The van der Waals surface area contributed by atoms with Gasteiger partial charge in [0.15, 0.2) is 5.76 Å². The van der Waals surface area contributed by atoms with Crippen LogP contribution in [0.5, 0.6) is 0 Å². The average Bonchev–Trinajstić information content (AvgIpc) is 3.24. The Bertz CT molecular complexity index is 683. The van der Waals surface area contributed by atoms with Crippen LogP contribution in [0.2, 0.25) is 0 Å². The first-order valence-corrected chi connectivity index (χ1v) is 7.89. The Morgan fingerprint density at radius 2 is 2.13 bits per heavy atom. The second kappa shape index (κ2) is 5.57. The third-order valence-electron chi connectivity index (χ3n) is 4.45. The van der Waals surface area contributed by atoms with Crippen molar-refractivity contribution >= 4 is 18.1 Å². The first kappa shape index (κ1) is 14.0. The van der Waals surface area contributed by atoms with Crippen molar-refractivity contribution in [2.45, 2.75) is 13.0 Å². The molecule has 120 valence electrons. The molecule has 0 aliphatic carbocycles. The van der Waals surface area contributed by atoms with E-state index in [9.17, 15) is 4.79 Å². The van der Waals surface area contributed by atoms with Gasteiger partial charge in [0.1, 0.15) is 11.7 Å². The first-order valence-electron chi connectivity index (χ1n) is 7.89. The van der Waals surface area contributed by atoms with Crippen LogP contribution in [0.1, 0.15) is 17.5 Å². The molecule has 23 heavy (non-hydrogen) atoms. The summed E-state index contributed by atoms with van der Waals surface area (Å²) >= 11 is 0. The summed E-state index contributed by atoms with van der Waals surface area (Å²) in [6.07, 6.45) is 5.43. The Hall–Kier alpha value is -2.57. The van der Waals surface area contributed by atoms with E-state index in [4.69, 9.17) is 4.42 Å². The number of furan rings is 1. The van der Waals surface area contributed by atoms with Crippen molar-refractivity contribution in [3.63, 3.8) is 0 Å². The zero-order chi connectivity index (χ0) is 15.8. The fraction of sp³-hybridized carbons (Fsp3) is 0.438. The van der Waals surface area contributed by atoms with Gasteiger partial charge in [-0.3, -0.25) is 9.79 Å². The first-order chi connectivity index (χ1) is 11.2. The molecule has 0 bridgehead atoms. The van der Waals surface area contributed by atoms with Gasteiger partial charge in [-0.15, -0.1) is 0 Å². The van der Waals surface area contributed by atoms with Gasteiger partial charge in [-0.1, -0.05) is 0 Å². The molecule has 4 heterocycles. The van der Waals surface area contributed by atoms with Crippen molar-refractivity contribution in [1.29, 1.82) is 0 Å². The SMILES string of the molecule is CC1CN=C2C=C(N3CCN(C(=O)c4ccco4)CC3)N=CN21. The summed E-state index contributed by atoms with van der Waals surface area (Å²) < 4.78 is 5.19. The fourth-order valence-corrected chi connectivity index (χ4v) is 3.06. The van der Waals surface area contributed by atoms with Gasteiger partial charge in [0.25, 0.3) is 5.91 Å². The number of fused-ring (bicyclic) bond motifs is 1. The van der Waals surface area contributed by atoms with Crippen LogP contribution in [-0.2, 0) is 0 Å². The highest BCUT2D eigenvalue weighted by Gasteiger charge is 2.28. The number of amides is 1. The van der Waals surface area contributed by atoms with E-state index in [1.165, 1.54) is 6.26 Å². The largest absolute Gasteiger partial charge is 0.459 e. The third kappa shape index (κ3) is 2.52. The summed E-state index contributed by atoms with van der Waals surface area (Å²) in [5, 5.41) is 0. The minimum absolute atomic E-state index is 0.0454. The van der Waals surface area contributed by atoms with E-state index in [2.05, 4.69) is 26.7 Å². The van der Waals surface area contributed by atoms with Gasteiger partial charge in [-0.05, 0) is 19.1 Å². The predicted octanol–water partition coefficient (Wildman–Crippen LogP) is 1.02. The molecule has 1 aromatic heterocycles. The van der Waals surface area contributed by atoms with E-state index in [-0.39, 0.29) is 5.91 Å². The second-order valence-corrected chi connectivity index (χ2v) is 5.96. The van der Waals surface area contributed by atoms with Crippen LogP contribution in [-0.4, -0.2) is 71.5 Å². The lowest BCUT2D eigenvalue weighted by Gasteiger charge is -2.36. The van der Waals surface area contributed by atoms with Gasteiger partial charge in [0, 0.05) is 32.3 Å². The van der Waals surface area contributed by atoms with Gasteiger partial charge in [0.05, 0.1) is 25.2 Å². The molecule has 4 rings (SSSR count). The number of rotatable bonds is 2. The van der Waals surface area contributed by atoms with Gasteiger partial charge < -0.3 is 19.1 Å². The molecule has 7 heteroatoms. The molecule has 3 aliphatic rings. The lowest BCUT2D eigenvalue weighted by molar-refractivity contribution is 0.0637. The summed E-state index contributed by atoms with van der Waals surface area (Å²) in [5.41, 5.74) is 0. The molecule has 0 spiro atoms. The van der Waals surface area contributed by atoms with Gasteiger partial charge in [0.2, 0.25) is 0 Å². The molecule has 7 nitrogen and oxygen atoms in total. The summed E-state index contributed by atoms with van der Waals surface area (Å²) in [6, 6.07) is 3.82. The number of nitrogens with zero attached hydrogens (tertiary/aromatic N) is 5. The number of aliphatic imine (C=N–C) groups is 2. The van der Waals surface area contributed by atoms with Crippen molar-refractivity contribution in [2.24, 2.45) is 9.98 Å². The quantitative estimate of drug-likeness (QED) is 0.818. The number of hydrogen-bond donors (Lipinski definition) is 0. The lowest BCUT2D eigenvalue weighted by atomic mass is 10.2. The smallest absolute Gasteiger partial charge is 0.289 e. The summed E-state index contributed by atoms with van der Waals surface area (Å²) in [6.45, 7) is 5.81. The molecule has 0 aromatic carbocycles. The third-order valence-corrected chi connectivity index (χ3v) is 4.45. The van der Waals surface area contributed by atoms with Crippen LogP contribution in [0.3, 0.4) is 0 Å². The topological polar surface area (TPSA) is 64.6 Å². The van der Waals surface area contributed by atoms with E-state index in [0.717, 1.165) is 31.3 Å². The highest BCUT2D eigenvalue weighted by Crippen LogP contribution is 2.19. The number of hydrogen-bond acceptors (Lipinski definition) is 6. The molecule has 0 saturated carbocycles. The highest BCUT2D eigenvalue weighted by molar-refractivity contribution is 6.03. The maximum Gasteiger partial charge on any atom is 0.289 e. The van der Waals surface area contributed by atoms with Crippen molar-refractivity contribution in [2.75, 3.05) is 32.7 Å². The molecule has 0 radical (unpaired) electrons. The van der Waals surface area contributed by atoms with Crippen LogP contribution in [0.15, 0.2) is 44.7 Å². The summed E-state index contributed by atoms with van der Waals surface area (Å²) in [7, 11) is 0. The molecule has 1 saturated heterocycles. The Labute approximate surface area is 134 Å². The number of carbonyl (C=O) groups excluding carboxylic acids is 1. The van der Waals surface area contributed by atoms with E-state index < -0.39 is 0 Å². The van der Waals surface area contributed by atoms with E-state index in [1.54, 1.807) is 12.1 Å². The average molecular weight is 313 g/mol. The predicted molar refractivity (Wildman–Crippen MR) is 86.4 cm³/mol.